The maximum Gasteiger partial charge on any atom is 0.311 e. The third-order valence-corrected chi connectivity index (χ3v) is 4.28. The minimum absolute atomic E-state index is 0.138. The van der Waals surface area contributed by atoms with Crippen molar-refractivity contribution < 1.29 is 15.0 Å². The van der Waals surface area contributed by atoms with Crippen molar-refractivity contribution in [3.63, 3.8) is 0 Å². The number of carboxylic acid groups (broad SMARTS) is 1. The van der Waals surface area contributed by atoms with Gasteiger partial charge in [0.15, 0.2) is 0 Å². The van der Waals surface area contributed by atoms with E-state index >= 15 is 0 Å². The van der Waals surface area contributed by atoms with Crippen LogP contribution in [0.1, 0.15) is 24.3 Å². The highest BCUT2D eigenvalue weighted by Crippen LogP contribution is 2.36. The molecule has 1 aromatic rings. The molecule has 4 heteroatoms. The minimum Gasteiger partial charge on any atom is -0.508 e. The van der Waals surface area contributed by atoms with Crippen LogP contribution in [0.25, 0.3) is 0 Å². The number of hydrogen-bond acceptors (Lipinski definition) is 3. The maximum absolute atomic E-state index is 11.4. The van der Waals surface area contributed by atoms with E-state index in [0.717, 1.165) is 29.9 Å². The van der Waals surface area contributed by atoms with Crippen LogP contribution in [-0.2, 0) is 4.79 Å². The van der Waals surface area contributed by atoms with E-state index in [1.54, 1.807) is 24.3 Å². The highest BCUT2D eigenvalue weighted by Gasteiger charge is 2.31. The van der Waals surface area contributed by atoms with Gasteiger partial charge in [0.05, 0.1) is 5.92 Å². The standard InChI is InChI=1S/C13H16O3S/c14-11-3-1-2-10(8-11)12(13(15)16)9-4-6-17-7-5-9/h1-3,8-9,12,14H,4-7H2,(H,15,16). The van der Waals surface area contributed by atoms with Crippen molar-refractivity contribution in [3.05, 3.63) is 29.8 Å². The van der Waals surface area contributed by atoms with E-state index < -0.39 is 11.9 Å². The lowest BCUT2D eigenvalue weighted by Crippen LogP contribution is -2.25. The molecule has 0 amide bonds. The highest BCUT2D eigenvalue weighted by molar-refractivity contribution is 7.99. The molecule has 2 rings (SSSR count). The molecule has 0 aliphatic carbocycles. The first-order chi connectivity index (χ1) is 8.18. The molecule has 1 saturated heterocycles. The van der Waals surface area contributed by atoms with E-state index in [1.807, 2.05) is 11.8 Å². The molecule has 1 aromatic carbocycles. The summed E-state index contributed by atoms with van der Waals surface area (Å²) in [5.74, 6) is 1.13. The summed E-state index contributed by atoms with van der Waals surface area (Å²) in [4.78, 5) is 11.4. The lowest BCUT2D eigenvalue weighted by molar-refractivity contribution is -0.140. The second kappa shape index (κ2) is 5.45. The molecule has 1 fully saturated rings. The predicted molar refractivity (Wildman–Crippen MR) is 68.5 cm³/mol. The molecule has 0 bridgehead atoms. The molecule has 2 N–H and O–H groups in total. The summed E-state index contributed by atoms with van der Waals surface area (Å²) < 4.78 is 0. The molecular weight excluding hydrogens is 236 g/mol. The van der Waals surface area contributed by atoms with Crippen LogP contribution in [0.3, 0.4) is 0 Å². The largest absolute Gasteiger partial charge is 0.508 e. The van der Waals surface area contributed by atoms with E-state index in [4.69, 9.17) is 0 Å². The first-order valence-electron chi connectivity index (χ1n) is 5.78. The Hall–Kier alpha value is -1.16. The topological polar surface area (TPSA) is 57.5 Å². The Bertz CT molecular complexity index is 399. The second-order valence-electron chi connectivity index (χ2n) is 4.36. The fraction of sp³-hybridized carbons (Fsp3) is 0.462. The van der Waals surface area contributed by atoms with Crippen molar-refractivity contribution in [1.29, 1.82) is 0 Å². The zero-order chi connectivity index (χ0) is 12.3. The van der Waals surface area contributed by atoms with Gasteiger partial charge in [0.25, 0.3) is 0 Å². The number of hydrogen-bond donors (Lipinski definition) is 2. The van der Waals surface area contributed by atoms with Crippen LogP contribution in [0, 0.1) is 5.92 Å². The van der Waals surface area contributed by atoms with Crippen LogP contribution in [0.5, 0.6) is 5.75 Å². The van der Waals surface area contributed by atoms with Crippen LogP contribution in [0.15, 0.2) is 24.3 Å². The van der Waals surface area contributed by atoms with Gasteiger partial charge in [-0.15, -0.1) is 0 Å². The van der Waals surface area contributed by atoms with Gasteiger partial charge in [0, 0.05) is 0 Å². The first kappa shape index (κ1) is 12.3. The number of rotatable bonds is 3. The Balaban J connectivity index is 2.25. The zero-order valence-electron chi connectivity index (χ0n) is 9.50. The summed E-state index contributed by atoms with van der Waals surface area (Å²) in [5.41, 5.74) is 0.717. The van der Waals surface area contributed by atoms with Crippen LogP contribution >= 0.6 is 11.8 Å². The van der Waals surface area contributed by atoms with E-state index in [0.29, 0.717) is 0 Å². The molecule has 0 spiro atoms. The summed E-state index contributed by atoms with van der Waals surface area (Å²) in [6, 6.07) is 6.64. The average Bonchev–Trinajstić information content (AvgIpc) is 2.30. The molecule has 17 heavy (non-hydrogen) atoms. The Morgan fingerprint density at radius 1 is 1.35 bits per heavy atom. The molecule has 92 valence electrons. The van der Waals surface area contributed by atoms with E-state index in [2.05, 4.69) is 0 Å². The number of thioether (sulfide) groups is 1. The number of aromatic hydroxyl groups is 1. The highest BCUT2D eigenvalue weighted by atomic mass is 32.2. The monoisotopic (exact) mass is 252 g/mol. The first-order valence-corrected chi connectivity index (χ1v) is 6.93. The summed E-state index contributed by atoms with van der Waals surface area (Å²) in [6.07, 6.45) is 1.88. The number of phenols is 1. The molecule has 1 heterocycles. The van der Waals surface area contributed by atoms with Gasteiger partial charge in [-0.25, -0.2) is 0 Å². The molecule has 1 aliphatic rings. The minimum atomic E-state index is -0.785. The van der Waals surface area contributed by atoms with Gasteiger partial charge >= 0.3 is 5.97 Å². The Morgan fingerprint density at radius 2 is 2.06 bits per heavy atom. The van der Waals surface area contributed by atoms with E-state index in [-0.39, 0.29) is 11.7 Å². The van der Waals surface area contributed by atoms with Gasteiger partial charge in [-0.3, -0.25) is 4.79 Å². The van der Waals surface area contributed by atoms with Crippen LogP contribution in [0.2, 0.25) is 0 Å². The Kier molecular flexibility index (Phi) is 3.94. The average molecular weight is 252 g/mol. The van der Waals surface area contributed by atoms with Gasteiger partial charge in [0.1, 0.15) is 5.75 Å². The van der Waals surface area contributed by atoms with Gasteiger partial charge in [-0.05, 0) is 48.0 Å². The van der Waals surface area contributed by atoms with Gasteiger partial charge in [-0.2, -0.15) is 11.8 Å². The molecule has 1 unspecified atom stereocenters. The quantitative estimate of drug-likeness (QED) is 0.868. The fourth-order valence-corrected chi connectivity index (χ4v) is 3.53. The third kappa shape index (κ3) is 2.94. The molecule has 0 radical (unpaired) electrons. The van der Waals surface area contributed by atoms with Crippen molar-refractivity contribution in [2.45, 2.75) is 18.8 Å². The lowest BCUT2D eigenvalue weighted by Gasteiger charge is -2.27. The van der Waals surface area contributed by atoms with E-state index in [9.17, 15) is 15.0 Å². The van der Waals surface area contributed by atoms with Crippen molar-refractivity contribution >= 4 is 17.7 Å². The van der Waals surface area contributed by atoms with Crippen molar-refractivity contribution in [1.82, 2.24) is 0 Å². The van der Waals surface area contributed by atoms with Crippen molar-refractivity contribution in [2.24, 2.45) is 5.92 Å². The SMILES string of the molecule is O=C(O)C(c1cccc(O)c1)C1CCSCC1. The zero-order valence-corrected chi connectivity index (χ0v) is 10.3. The number of carboxylic acids is 1. The van der Waals surface area contributed by atoms with Crippen LogP contribution in [0.4, 0.5) is 0 Å². The summed E-state index contributed by atoms with van der Waals surface area (Å²) in [5, 5.41) is 18.8. The molecule has 0 aromatic heterocycles. The van der Waals surface area contributed by atoms with Crippen LogP contribution < -0.4 is 0 Å². The number of phenolic OH excluding ortho intramolecular Hbond substituents is 1. The molecule has 1 atom stereocenters. The molecule has 1 aliphatic heterocycles. The fourth-order valence-electron chi connectivity index (χ4n) is 2.38. The summed E-state index contributed by atoms with van der Waals surface area (Å²) in [7, 11) is 0. The number of aliphatic carboxylic acids is 1. The smallest absolute Gasteiger partial charge is 0.311 e. The van der Waals surface area contributed by atoms with Crippen molar-refractivity contribution in [2.75, 3.05) is 11.5 Å². The van der Waals surface area contributed by atoms with Crippen molar-refractivity contribution in [3.8, 4) is 5.75 Å². The van der Waals surface area contributed by atoms with Gasteiger partial charge in [0.2, 0.25) is 0 Å². The van der Waals surface area contributed by atoms with E-state index in [1.165, 1.54) is 0 Å². The van der Waals surface area contributed by atoms with Gasteiger partial charge < -0.3 is 10.2 Å². The summed E-state index contributed by atoms with van der Waals surface area (Å²) in [6.45, 7) is 0. The molecular formula is C13H16O3S. The third-order valence-electron chi connectivity index (χ3n) is 3.23. The lowest BCUT2D eigenvalue weighted by atomic mass is 9.82. The Morgan fingerprint density at radius 3 is 2.65 bits per heavy atom. The number of benzene rings is 1. The van der Waals surface area contributed by atoms with Crippen LogP contribution in [-0.4, -0.2) is 27.7 Å². The van der Waals surface area contributed by atoms with Gasteiger partial charge in [-0.1, -0.05) is 12.1 Å². The normalized spacial score (nSPS) is 18.8. The summed E-state index contributed by atoms with van der Waals surface area (Å²) >= 11 is 1.88. The molecule has 0 saturated carbocycles. The second-order valence-corrected chi connectivity index (χ2v) is 5.59. The maximum atomic E-state index is 11.4. The molecule has 3 nitrogen and oxygen atoms in total. The predicted octanol–water partition coefficient (Wildman–Crippen LogP) is 2.70. The number of carbonyl (C=O) groups is 1. The Labute approximate surface area is 105 Å².